The minimum absolute atomic E-state index is 0.0745. The number of nitrogens with two attached hydrogens (primary N) is 1. The van der Waals surface area contributed by atoms with E-state index in [0.717, 1.165) is 18.5 Å². The fourth-order valence-corrected chi connectivity index (χ4v) is 1.81. The molecule has 0 aliphatic rings. The smallest absolute Gasteiger partial charge is 0.251 e. The number of nitrogens with zero attached hydrogens (tertiary/aromatic N) is 1. The van der Waals surface area contributed by atoms with Gasteiger partial charge in [0, 0.05) is 17.3 Å². The number of carbonyl (C=O) groups is 1. The van der Waals surface area contributed by atoms with Gasteiger partial charge in [-0.15, -0.1) is 0 Å². The lowest BCUT2D eigenvalue weighted by Crippen LogP contribution is -2.34. The number of pyridine rings is 1. The Bertz CT molecular complexity index is 427. The molecule has 19 heavy (non-hydrogen) atoms. The Morgan fingerprint density at radius 1 is 1.32 bits per heavy atom. The molecule has 0 radical (unpaired) electrons. The average Bonchev–Trinajstić information content (AvgIpc) is 2.43. The molecule has 0 saturated carbocycles. The van der Waals surface area contributed by atoms with Crippen molar-refractivity contribution in [1.82, 2.24) is 10.3 Å². The second-order valence-corrected chi connectivity index (χ2v) is 4.95. The molecule has 4 N–H and O–H groups in total. The molecule has 0 unspecified atom stereocenters. The molecule has 0 atom stereocenters. The molecule has 0 fully saturated rings. The SMILES string of the molecule is CCC(CC)NC(=O)c1cc(NN)nc(C(C)C)c1. The molecule has 5 nitrogen and oxygen atoms in total. The molecular formula is C14H24N4O. The Balaban J connectivity index is 2.98. The molecule has 0 aliphatic carbocycles. The largest absolute Gasteiger partial charge is 0.349 e. The van der Waals surface area contributed by atoms with Crippen molar-refractivity contribution in [2.24, 2.45) is 5.84 Å². The number of aromatic nitrogens is 1. The van der Waals surface area contributed by atoms with E-state index < -0.39 is 0 Å². The first-order valence-electron chi connectivity index (χ1n) is 6.81. The molecule has 1 amide bonds. The molecular weight excluding hydrogens is 240 g/mol. The lowest BCUT2D eigenvalue weighted by molar-refractivity contribution is 0.0934. The van der Waals surface area contributed by atoms with Gasteiger partial charge < -0.3 is 10.7 Å². The molecule has 1 rings (SSSR count). The highest BCUT2D eigenvalue weighted by molar-refractivity contribution is 5.95. The van der Waals surface area contributed by atoms with Crippen LogP contribution in [0.5, 0.6) is 0 Å². The van der Waals surface area contributed by atoms with Crippen LogP contribution in [0.4, 0.5) is 5.82 Å². The highest BCUT2D eigenvalue weighted by atomic mass is 16.1. The monoisotopic (exact) mass is 264 g/mol. The van der Waals surface area contributed by atoms with Gasteiger partial charge in [-0.2, -0.15) is 0 Å². The van der Waals surface area contributed by atoms with Gasteiger partial charge >= 0.3 is 0 Å². The van der Waals surface area contributed by atoms with Crippen LogP contribution in [-0.2, 0) is 0 Å². The molecule has 0 saturated heterocycles. The molecule has 0 aromatic carbocycles. The maximum Gasteiger partial charge on any atom is 0.251 e. The standard InChI is InChI=1S/C14H24N4O/c1-5-11(6-2)16-14(19)10-7-12(9(3)4)17-13(8-10)18-15/h7-9,11H,5-6,15H2,1-4H3,(H,16,19)(H,17,18). The van der Waals surface area contributed by atoms with Gasteiger partial charge in [-0.1, -0.05) is 27.7 Å². The molecule has 1 aromatic rings. The van der Waals surface area contributed by atoms with E-state index in [2.05, 4.69) is 29.6 Å². The van der Waals surface area contributed by atoms with Crippen molar-refractivity contribution < 1.29 is 4.79 Å². The van der Waals surface area contributed by atoms with Crippen molar-refractivity contribution in [3.8, 4) is 0 Å². The Labute approximate surface area is 115 Å². The zero-order valence-corrected chi connectivity index (χ0v) is 12.2. The van der Waals surface area contributed by atoms with Gasteiger partial charge in [0.05, 0.1) is 0 Å². The van der Waals surface area contributed by atoms with E-state index in [9.17, 15) is 4.79 Å². The lowest BCUT2D eigenvalue weighted by atomic mass is 10.1. The summed E-state index contributed by atoms with van der Waals surface area (Å²) < 4.78 is 0. The summed E-state index contributed by atoms with van der Waals surface area (Å²) in [5, 5.41) is 3.01. The zero-order chi connectivity index (χ0) is 14.4. The number of nitrogen functional groups attached to an aromatic ring is 1. The Morgan fingerprint density at radius 2 is 1.95 bits per heavy atom. The van der Waals surface area contributed by atoms with Crippen molar-refractivity contribution in [1.29, 1.82) is 0 Å². The van der Waals surface area contributed by atoms with E-state index in [1.165, 1.54) is 0 Å². The van der Waals surface area contributed by atoms with Gasteiger partial charge in [0.25, 0.3) is 5.91 Å². The summed E-state index contributed by atoms with van der Waals surface area (Å²) >= 11 is 0. The molecule has 0 spiro atoms. The third kappa shape index (κ3) is 4.21. The van der Waals surface area contributed by atoms with Crippen LogP contribution in [0.1, 0.15) is 62.5 Å². The van der Waals surface area contributed by atoms with Gasteiger partial charge in [-0.05, 0) is 30.9 Å². The summed E-state index contributed by atoms with van der Waals surface area (Å²) in [7, 11) is 0. The first kappa shape index (κ1) is 15.4. The van der Waals surface area contributed by atoms with Crippen LogP contribution in [0, 0.1) is 0 Å². The summed E-state index contributed by atoms with van der Waals surface area (Å²) in [4.78, 5) is 16.5. The molecule has 1 aromatic heterocycles. The molecule has 0 bridgehead atoms. The first-order chi connectivity index (χ1) is 9.01. The van der Waals surface area contributed by atoms with Crippen LogP contribution in [-0.4, -0.2) is 16.9 Å². The van der Waals surface area contributed by atoms with E-state index in [-0.39, 0.29) is 17.9 Å². The summed E-state index contributed by atoms with van der Waals surface area (Å²) in [5.41, 5.74) is 3.96. The number of hydrogen-bond donors (Lipinski definition) is 3. The number of hydrazine groups is 1. The lowest BCUT2D eigenvalue weighted by Gasteiger charge is -2.16. The fourth-order valence-electron chi connectivity index (χ4n) is 1.81. The van der Waals surface area contributed by atoms with Crippen LogP contribution < -0.4 is 16.6 Å². The van der Waals surface area contributed by atoms with E-state index >= 15 is 0 Å². The predicted octanol–water partition coefficient (Wildman–Crippen LogP) is 2.41. The van der Waals surface area contributed by atoms with Gasteiger partial charge in [0.2, 0.25) is 0 Å². The number of hydrogen-bond acceptors (Lipinski definition) is 4. The van der Waals surface area contributed by atoms with Gasteiger partial charge in [0.15, 0.2) is 0 Å². The van der Waals surface area contributed by atoms with E-state index in [4.69, 9.17) is 5.84 Å². The van der Waals surface area contributed by atoms with Crippen molar-refractivity contribution in [2.45, 2.75) is 52.5 Å². The van der Waals surface area contributed by atoms with Gasteiger partial charge in [-0.3, -0.25) is 4.79 Å². The van der Waals surface area contributed by atoms with Crippen molar-refractivity contribution in [3.05, 3.63) is 23.4 Å². The number of nitrogens with one attached hydrogen (secondary N) is 2. The Kier molecular flexibility index (Phi) is 5.76. The number of rotatable bonds is 6. The molecule has 0 aliphatic heterocycles. The third-order valence-electron chi connectivity index (χ3n) is 3.17. The number of amides is 1. The first-order valence-corrected chi connectivity index (χ1v) is 6.81. The van der Waals surface area contributed by atoms with Crippen molar-refractivity contribution >= 4 is 11.7 Å². The summed E-state index contributed by atoms with van der Waals surface area (Å²) in [6, 6.07) is 3.70. The minimum Gasteiger partial charge on any atom is -0.349 e. The highest BCUT2D eigenvalue weighted by Crippen LogP contribution is 2.17. The number of anilines is 1. The molecule has 106 valence electrons. The summed E-state index contributed by atoms with van der Waals surface area (Å²) in [6.45, 7) is 8.19. The normalized spacial score (nSPS) is 10.9. The maximum absolute atomic E-state index is 12.2. The van der Waals surface area contributed by atoms with Crippen LogP contribution in [0.3, 0.4) is 0 Å². The topological polar surface area (TPSA) is 80.0 Å². The van der Waals surface area contributed by atoms with Crippen molar-refractivity contribution in [3.63, 3.8) is 0 Å². The summed E-state index contributed by atoms with van der Waals surface area (Å²) in [6.07, 6.45) is 1.85. The highest BCUT2D eigenvalue weighted by Gasteiger charge is 2.14. The van der Waals surface area contributed by atoms with Crippen LogP contribution in [0.2, 0.25) is 0 Å². The Hall–Kier alpha value is -1.62. The minimum atomic E-state index is -0.0745. The van der Waals surface area contributed by atoms with Crippen LogP contribution >= 0.6 is 0 Å². The average molecular weight is 264 g/mol. The molecule has 1 heterocycles. The maximum atomic E-state index is 12.2. The summed E-state index contributed by atoms with van der Waals surface area (Å²) in [5.74, 6) is 6.08. The van der Waals surface area contributed by atoms with Gasteiger partial charge in [0.1, 0.15) is 5.82 Å². The second-order valence-electron chi connectivity index (χ2n) is 4.95. The van der Waals surface area contributed by atoms with Crippen molar-refractivity contribution in [2.75, 3.05) is 5.43 Å². The zero-order valence-electron chi connectivity index (χ0n) is 12.2. The van der Waals surface area contributed by atoms with E-state index in [1.54, 1.807) is 6.07 Å². The molecule has 5 heteroatoms. The second kappa shape index (κ2) is 7.09. The van der Waals surface area contributed by atoms with E-state index in [1.807, 2.05) is 19.9 Å². The quantitative estimate of drug-likeness (QED) is 0.544. The number of carbonyl (C=O) groups excluding carboxylic acids is 1. The predicted molar refractivity (Wildman–Crippen MR) is 78.0 cm³/mol. The van der Waals surface area contributed by atoms with Crippen LogP contribution in [0.15, 0.2) is 12.1 Å². The van der Waals surface area contributed by atoms with Gasteiger partial charge in [-0.25, -0.2) is 10.8 Å². The third-order valence-corrected chi connectivity index (χ3v) is 3.17. The van der Waals surface area contributed by atoms with Crippen LogP contribution in [0.25, 0.3) is 0 Å². The van der Waals surface area contributed by atoms with E-state index in [0.29, 0.717) is 11.4 Å². The Morgan fingerprint density at radius 3 is 2.42 bits per heavy atom. The fraction of sp³-hybridized carbons (Fsp3) is 0.571.